The summed E-state index contributed by atoms with van der Waals surface area (Å²) in [5, 5.41) is 11.6. The lowest BCUT2D eigenvalue weighted by Gasteiger charge is -2.38. The molecule has 1 aromatic carbocycles. The van der Waals surface area contributed by atoms with Crippen LogP contribution in [0, 0.1) is 0 Å². The Kier molecular flexibility index (Phi) is 5.98. The van der Waals surface area contributed by atoms with Crippen molar-refractivity contribution in [2.24, 2.45) is 0 Å². The Bertz CT molecular complexity index is 711. The highest BCUT2D eigenvalue weighted by Gasteiger charge is 2.25. The number of carbonyl (C=O) groups is 2. The standard InChI is InChI=1S/C18H24N6O2/c1-23-9-11-24(12-10-23)15(14-5-3-2-4-6-14)13-19-17(25)18(26)21-16-7-8-20-22-16/h2-8,15H,9-13H2,1H3,(H,19,25)(H2,20,21,22,26). The Labute approximate surface area is 152 Å². The van der Waals surface area contributed by atoms with Gasteiger partial charge in [-0.25, -0.2) is 0 Å². The SMILES string of the molecule is CN1CCN(C(CNC(=O)C(=O)Nc2ccn[nH]2)c2ccccc2)CC1. The largest absolute Gasteiger partial charge is 0.346 e. The lowest BCUT2D eigenvalue weighted by Crippen LogP contribution is -2.49. The summed E-state index contributed by atoms with van der Waals surface area (Å²) in [5.74, 6) is -0.974. The van der Waals surface area contributed by atoms with Crippen LogP contribution in [0.1, 0.15) is 11.6 Å². The van der Waals surface area contributed by atoms with Crippen LogP contribution in [0.2, 0.25) is 0 Å². The number of H-pyrrole nitrogens is 1. The van der Waals surface area contributed by atoms with E-state index >= 15 is 0 Å². The van der Waals surface area contributed by atoms with Gasteiger partial charge in [-0.15, -0.1) is 0 Å². The molecule has 1 aliphatic rings. The van der Waals surface area contributed by atoms with Crippen LogP contribution in [0.25, 0.3) is 0 Å². The molecule has 3 N–H and O–H groups in total. The molecule has 0 aliphatic carbocycles. The molecule has 1 fully saturated rings. The summed E-state index contributed by atoms with van der Waals surface area (Å²) in [6.07, 6.45) is 1.51. The number of anilines is 1. The first-order valence-corrected chi connectivity index (χ1v) is 8.69. The number of likely N-dealkylation sites (N-methyl/N-ethyl adjacent to an activating group) is 1. The summed E-state index contributed by atoms with van der Waals surface area (Å²) in [5.41, 5.74) is 1.13. The Hall–Kier alpha value is -2.71. The zero-order valence-electron chi connectivity index (χ0n) is 14.8. The Morgan fingerprint density at radius 3 is 2.50 bits per heavy atom. The number of piperazine rings is 1. The molecule has 2 aromatic rings. The number of aromatic amines is 1. The van der Waals surface area contributed by atoms with Gasteiger partial charge in [0.25, 0.3) is 0 Å². The van der Waals surface area contributed by atoms with Crippen molar-refractivity contribution >= 4 is 17.6 Å². The van der Waals surface area contributed by atoms with Crippen molar-refractivity contribution in [2.75, 3.05) is 45.1 Å². The van der Waals surface area contributed by atoms with Crippen molar-refractivity contribution in [1.82, 2.24) is 25.3 Å². The van der Waals surface area contributed by atoms with Crippen molar-refractivity contribution in [2.45, 2.75) is 6.04 Å². The predicted molar refractivity (Wildman–Crippen MR) is 98.5 cm³/mol. The van der Waals surface area contributed by atoms with Crippen LogP contribution in [-0.2, 0) is 9.59 Å². The van der Waals surface area contributed by atoms with E-state index in [0.717, 1.165) is 31.7 Å². The number of carbonyl (C=O) groups excluding carboxylic acids is 2. The van der Waals surface area contributed by atoms with Gasteiger partial charge in [-0.2, -0.15) is 5.10 Å². The van der Waals surface area contributed by atoms with E-state index < -0.39 is 11.8 Å². The van der Waals surface area contributed by atoms with Crippen LogP contribution >= 0.6 is 0 Å². The average Bonchev–Trinajstić information content (AvgIpc) is 3.17. The maximum atomic E-state index is 12.2. The highest BCUT2D eigenvalue weighted by atomic mass is 16.2. The first-order chi connectivity index (χ1) is 12.6. The molecular weight excluding hydrogens is 332 g/mol. The first-order valence-electron chi connectivity index (χ1n) is 8.69. The summed E-state index contributed by atoms with van der Waals surface area (Å²) in [7, 11) is 2.11. The summed E-state index contributed by atoms with van der Waals surface area (Å²) in [4.78, 5) is 28.8. The second-order valence-electron chi connectivity index (χ2n) is 6.40. The van der Waals surface area contributed by atoms with Gasteiger partial charge in [0.05, 0.1) is 12.2 Å². The minimum absolute atomic E-state index is 0.0359. The molecule has 26 heavy (non-hydrogen) atoms. The normalized spacial score (nSPS) is 16.8. The fourth-order valence-electron chi connectivity index (χ4n) is 3.04. The van der Waals surface area contributed by atoms with Crippen molar-refractivity contribution in [3.8, 4) is 0 Å². The molecule has 8 nitrogen and oxygen atoms in total. The van der Waals surface area contributed by atoms with Gasteiger partial charge in [-0.1, -0.05) is 30.3 Å². The van der Waals surface area contributed by atoms with E-state index in [1.54, 1.807) is 6.07 Å². The molecule has 2 heterocycles. The van der Waals surface area contributed by atoms with Gasteiger partial charge < -0.3 is 15.5 Å². The highest BCUT2D eigenvalue weighted by molar-refractivity contribution is 6.39. The fraction of sp³-hybridized carbons (Fsp3) is 0.389. The lowest BCUT2D eigenvalue weighted by molar-refractivity contribution is -0.136. The predicted octanol–water partition coefficient (Wildman–Crippen LogP) is 0.453. The van der Waals surface area contributed by atoms with E-state index in [2.05, 4.69) is 49.8 Å². The summed E-state index contributed by atoms with van der Waals surface area (Å²) >= 11 is 0. The molecule has 1 aliphatic heterocycles. The van der Waals surface area contributed by atoms with Gasteiger partial charge in [-0.3, -0.25) is 19.6 Å². The summed E-state index contributed by atoms with van der Waals surface area (Å²) < 4.78 is 0. The molecule has 0 radical (unpaired) electrons. The lowest BCUT2D eigenvalue weighted by atomic mass is 10.0. The first kappa shape index (κ1) is 18.1. The summed E-state index contributed by atoms with van der Waals surface area (Å²) in [6, 6.07) is 11.7. The maximum absolute atomic E-state index is 12.2. The molecule has 2 amide bonds. The van der Waals surface area contributed by atoms with Crippen molar-refractivity contribution in [1.29, 1.82) is 0 Å². The molecular formula is C18H24N6O2. The molecule has 1 saturated heterocycles. The van der Waals surface area contributed by atoms with Gasteiger partial charge in [0, 0.05) is 38.8 Å². The van der Waals surface area contributed by atoms with Gasteiger partial charge in [-0.05, 0) is 12.6 Å². The van der Waals surface area contributed by atoms with Gasteiger partial charge in [0.2, 0.25) is 0 Å². The monoisotopic (exact) mass is 356 g/mol. The molecule has 8 heteroatoms. The number of nitrogens with zero attached hydrogens (tertiary/aromatic N) is 3. The molecule has 138 valence electrons. The minimum Gasteiger partial charge on any atom is -0.346 e. The molecule has 0 saturated carbocycles. The molecule has 1 unspecified atom stereocenters. The van der Waals surface area contributed by atoms with E-state index in [4.69, 9.17) is 0 Å². The Balaban J connectivity index is 1.62. The van der Waals surface area contributed by atoms with Crippen molar-refractivity contribution in [3.05, 3.63) is 48.2 Å². The van der Waals surface area contributed by atoms with Crippen molar-refractivity contribution < 1.29 is 9.59 Å². The molecule has 1 atom stereocenters. The number of aromatic nitrogens is 2. The Morgan fingerprint density at radius 1 is 1.12 bits per heavy atom. The van der Waals surface area contributed by atoms with Gasteiger partial charge >= 0.3 is 11.8 Å². The van der Waals surface area contributed by atoms with Gasteiger partial charge in [0.1, 0.15) is 5.82 Å². The van der Waals surface area contributed by atoms with Crippen LogP contribution in [0.5, 0.6) is 0 Å². The minimum atomic E-state index is -0.709. The second kappa shape index (κ2) is 8.59. The van der Waals surface area contributed by atoms with E-state index in [1.165, 1.54) is 6.20 Å². The second-order valence-corrected chi connectivity index (χ2v) is 6.40. The quantitative estimate of drug-likeness (QED) is 0.677. The molecule has 1 aromatic heterocycles. The third-order valence-corrected chi connectivity index (χ3v) is 4.57. The number of rotatable bonds is 5. The molecule has 0 bridgehead atoms. The van der Waals surface area contributed by atoms with Gasteiger partial charge in [0.15, 0.2) is 0 Å². The third kappa shape index (κ3) is 4.68. The zero-order chi connectivity index (χ0) is 18.4. The number of amides is 2. The van der Waals surface area contributed by atoms with Crippen LogP contribution in [0.15, 0.2) is 42.6 Å². The number of nitrogens with one attached hydrogen (secondary N) is 3. The zero-order valence-corrected chi connectivity index (χ0v) is 14.8. The van der Waals surface area contributed by atoms with E-state index in [9.17, 15) is 9.59 Å². The van der Waals surface area contributed by atoms with Crippen LogP contribution in [-0.4, -0.2) is 71.6 Å². The van der Waals surface area contributed by atoms with E-state index in [0.29, 0.717) is 12.4 Å². The smallest absolute Gasteiger partial charge is 0.314 e. The number of hydrogen-bond donors (Lipinski definition) is 3. The molecule has 3 rings (SSSR count). The summed E-state index contributed by atoms with van der Waals surface area (Å²) in [6.45, 7) is 4.19. The van der Waals surface area contributed by atoms with Crippen LogP contribution in [0.4, 0.5) is 5.82 Å². The van der Waals surface area contributed by atoms with Crippen molar-refractivity contribution in [3.63, 3.8) is 0 Å². The average molecular weight is 356 g/mol. The maximum Gasteiger partial charge on any atom is 0.314 e. The van der Waals surface area contributed by atoms with E-state index in [-0.39, 0.29) is 6.04 Å². The van der Waals surface area contributed by atoms with Crippen LogP contribution < -0.4 is 10.6 Å². The van der Waals surface area contributed by atoms with Crippen LogP contribution in [0.3, 0.4) is 0 Å². The number of benzene rings is 1. The molecule has 0 spiro atoms. The fourth-order valence-corrected chi connectivity index (χ4v) is 3.04. The van der Waals surface area contributed by atoms with E-state index in [1.807, 2.05) is 18.2 Å². The Morgan fingerprint density at radius 2 is 1.85 bits per heavy atom. The third-order valence-electron chi connectivity index (χ3n) is 4.57. The highest BCUT2D eigenvalue weighted by Crippen LogP contribution is 2.21. The number of hydrogen-bond acceptors (Lipinski definition) is 5. The topological polar surface area (TPSA) is 93.4 Å².